The molecule has 0 bridgehead atoms. The molecule has 0 aromatic heterocycles. The first kappa shape index (κ1) is 12.7. The molecule has 0 radical (unpaired) electrons. The van der Waals surface area contributed by atoms with Crippen LogP contribution in [0.25, 0.3) is 21.5 Å². The molecule has 0 atom stereocenters. The summed E-state index contributed by atoms with van der Waals surface area (Å²) in [4.78, 5) is 0. The lowest BCUT2D eigenvalue weighted by atomic mass is 10.0. The molecule has 0 saturated heterocycles. The fraction of sp³-hybridized carbons (Fsp3) is 0.111. The van der Waals surface area contributed by atoms with Crippen molar-refractivity contribution >= 4 is 21.5 Å². The second kappa shape index (κ2) is 5.35. The number of aliphatic hydroxyl groups is 1. The van der Waals surface area contributed by atoms with Crippen LogP contribution < -0.4 is 4.74 Å². The lowest BCUT2D eigenvalue weighted by Gasteiger charge is -2.06. The number of allylic oxidation sites excluding steroid dienone is 1. The number of ether oxygens (including phenoxy) is 1. The highest BCUT2D eigenvalue weighted by Gasteiger charge is 2.01. The first-order chi connectivity index (χ1) is 9.80. The molecule has 0 saturated carbocycles. The molecule has 0 unspecified atom stereocenters. The average molecular weight is 264 g/mol. The minimum Gasteiger partial charge on any atom is -0.465 e. The SMILES string of the molecule is CC=COc1ccc2cc3cc(CO)ccc3cc2c1. The van der Waals surface area contributed by atoms with E-state index in [1.165, 1.54) is 5.39 Å². The van der Waals surface area contributed by atoms with Crippen LogP contribution in [0.4, 0.5) is 0 Å². The molecule has 0 aliphatic carbocycles. The van der Waals surface area contributed by atoms with Crippen molar-refractivity contribution in [2.75, 3.05) is 0 Å². The first-order valence-corrected chi connectivity index (χ1v) is 6.65. The number of hydrogen-bond acceptors (Lipinski definition) is 2. The van der Waals surface area contributed by atoms with Crippen LogP contribution in [0.1, 0.15) is 12.5 Å². The number of hydrogen-bond donors (Lipinski definition) is 1. The topological polar surface area (TPSA) is 29.5 Å². The summed E-state index contributed by atoms with van der Waals surface area (Å²) in [6, 6.07) is 16.4. The molecule has 100 valence electrons. The molecule has 0 fully saturated rings. The van der Waals surface area contributed by atoms with Crippen molar-refractivity contribution in [3.05, 3.63) is 66.4 Å². The fourth-order valence-electron chi connectivity index (χ4n) is 2.34. The summed E-state index contributed by atoms with van der Waals surface area (Å²) in [5.74, 6) is 0.835. The van der Waals surface area contributed by atoms with Gasteiger partial charge >= 0.3 is 0 Å². The van der Waals surface area contributed by atoms with Gasteiger partial charge in [-0.15, -0.1) is 0 Å². The van der Waals surface area contributed by atoms with Crippen molar-refractivity contribution in [1.82, 2.24) is 0 Å². The molecule has 20 heavy (non-hydrogen) atoms. The molecule has 2 heteroatoms. The maximum atomic E-state index is 9.21. The molecule has 2 nitrogen and oxygen atoms in total. The van der Waals surface area contributed by atoms with Crippen LogP contribution in [0, 0.1) is 0 Å². The van der Waals surface area contributed by atoms with Gasteiger partial charge in [0.05, 0.1) is 12.9 Å². The molecule has 3 aromatic carbocycles. The summed E-state index contributed by atoms with van der Waals surface area (Å²) in [5.41, 5.74) is 0.935. The van der Waals surface area contributed by atoms with E-state index in [0.29, 0.717) is 0 Å². The average Bonchev–Trinajstić information content (AvgIpc) is 2.50. The third-order valence-electron chi connectivity index (χ3n) is 3.35. The van der Waals surface area contributed by atoms with Gasteiger partial charge in [-0.25, -0.2) is 0 Å². The van der Waals surface area contributed by atoms with Crippen LogP contribution in [0.3, 0.4) is 0 Å². The van der Waals surface area contributed by atoms with Crippen molar-refractivity contribution in [3.8, 4) is 5.75 Å². The summed E-state index contributed by atoms with van der Waals surface area (Å²) in [6.07, 6.45) is 3.54. The molecule has 0 spiro atoms. The van der Waals surface area contributed by atoms with E-state index >= 15 is 0 Å². The van der Waals surface area contributed by atoms with Gasteiger partial charge in [0.2, 0.25) is 0 Å². The molecule has 0 amide bonds. The van der Waals surface area contributed by atoms with E-state index in [0.717, 1.165) is 27.5 Å². The Kier molecular flexibility index (Phi) is 3.40. The van der Waals surface area contributed by atoms with Crippen molar-refractivity contribution in [2.24, 2.45) is 0 Å². The predicted molar refractivity (Wildman–Crippen MR) is 82.8 cm³/mol. The minimum absolute atomic E-state index is 0.0735. The highest BCUT2D eigenvalue weighted by Crippen LogP contribution is 2.27. The molecule has 0 heterocycles. The second-order valence-corrected chi connectivity index (χ2v) is 4.79. The Balaban J connectivity index is 2.14. The zero-order valence-electron chi connectivity index (χ0n) is 11.3. The summed E-state index contributed by atoms with van der Waals surface area (Å²) in [7, 11) is 0. The van der Waals surface area contributed by atoms with E-state index < -0.39 is 0 Å². The van der Waals surface area contributed by atoms with E-state index in [4.69, 9.17) is 4.74 Å². The normalized spacial score (nSPS) is 11.5. The molecule has 0 aliphatic heterocycles. The van der Waals surface area contributed by atoms with Crippen LogP contribution in [0.5, 0.6) is 5.75 Å². The van der Waals surface area contributed by atoms with Gasteiger partial charge in [0, 0.05) is 0 Å². The zero-order chi connectivity index (χ0) is 13.9. The highest BCUT2D eigenvalue weighted by atomic mass is 16.5. The third kappa shape index (κ3) is 2.38. The van der Waals surface area contributed by atoms with Gasteiger partial charge in [-0.05, 0) is 64.4 Å². The Labute approximate surface area is 117 Å². The first-order valence-electron chi connectivity index (χ1n) is 6.65. The second-order valence-electron chi connectivity index (χ2n) is 4.79. The largest absolute Gasteiger partial charge is 0.465 e. The van der Waals surface area contributed by atoms with Crippen LogP contribution in [-0.4, -0.2) is 5.11 Å². The van der Waals surface area contributed by atoms with Gasteiger partial charge < -0.3 is 9.84 Å². The van der Waals surface area contributed by atoms with Crippen LogP contribution in [0.15, 0.2) is 60.9 Å². The van der Waals surface area contributed by atoms with Crippen LogP contribution >= 0.6 is 0 Å². The lowest BCUT2D eigenvalue weighted by Crippen LogP contribution is -1.85. The summed E-state index contributed by atoms with van der Waals surface area (Å²) in [5, 5.41) is 13.8. The summed E-state index contributed by atoms with van der Waals surface area (Å²) in [6.45, 7) is 2.00. The molecule has 3 aromatic rings. The maximum Gasteiger partial charge on any atom is 0.127 e. The Morgan fingerprint density at radius 2 is 1.60 bits per heavy atom. The Bertz CT molecular complexity index is 788. The van der Waals surface area contributed by atoms with Gasteiger partial charge in [0.25, 0.3) is 0 Å². The minimum atomic E-state index is 0.0735. The Hall–Kier alpha value is -2.32. The molecular weight excluding hydrogens is 248 g/mol. The van der Waals surface area contributed by atoms with E-state index in [9.17, 15) is 5.11 Å². The predicted octanol–water partition coefficient (Wildman–Crippen LogP) is 4.40. The molecule has 3 rings (SSSR count). The number of benzene rings is 3. The van der Waals surface area contributed by atoms with Gasteiger partial charge in [-0.1, -0.05) is 24.3 Å². The molecular formula is C18H16O2. The smallest absolute Gasteiger partial charge is 0.127 e. The standard InChI is InChI=1S/C18H16O2/c1-2-7-20-18-6-5-15-9-16-8-13(12-19)3-4-14(16)10-17(15)11-18/h2-11,19H,12H2,1H3. The molecule has 0 aliphatic rings. The number of rotatable bonds is 3. The van der Waals surface area contributed by atoms with E-state index in [-0.39, 0.29) is 6.61 Å². The van der Waals surface area contributed by atoms with Crippen molar-refractivity contribution in [3.63, 3.8) is 0 Å². The van der Waals surface area contributed by atoms with E-state index in [1.54, 1.807) is 6.26 Å². The van der Waals surface area contributed by atoms with Gasteiger partial charge in [0.1, 0.15) is 5.75 Å². The van der Waals surface area contributed by atoms with Crippen molar-refractivity contribution < 1.29 is 9.84 Å². The Morgan fingerprint density at radius 3 is 2.30 bits per heavy atom. The number of fused-ring (bicyclic) bond motifs is 2. The maximum absolute atomic E-state index is 9.21. The highest BCUT2D eigenvalue weighted by molar-refractivity contribution is 5.98. The summed E-state index contributed by atoms with van der Waals surface area (Å²) >= 11 is 0. The van der Waals surface area contributed by atoms with Gasteiger partial charge in [0.15, 0.2) is 0 Å². The van der Waals surface area contributed by atoms with Gasteiger partial charge in [-0.3, -0.25) is 0 Å². The zero-order valence-corrected chi connectivity index (χ0v) is 11.3. The van der Waals surface area contributed by atoms with E-state index in [2.05, 4.69) is 18.2 Å². The van der Waals surface area contributed by atoms with Crippen molar-refractivity contribution in [2.45, 2.75) is 13.5 Å². The summed E-state index contributed by atoms with van der Waals surface area (Å²) < 4.78 is 5.50. The van der Waals surface area contributed by atoms with E-state index in [1.807, 2.05) is 43.3 Å². The third-order valence-corrected chi connectivity index (χ3v) is 3.35. The lowest BCUT2D eigenvalue weighted by molar-refractivity contribution is 0.282. The van der Waals surface area contributed by atoms with Crippen molar-refractivity contribution in [1.29, 1.82) is 0 Å². The van der Waals surface area contributed by atoms with Gasteiger partial charge in [-0.2, -0.15) is 0 Å². The molecule has 1 N–H and O–H groups in total. The van der Waals surface area contributed by atoms with Crippen LogP contribution in [0.2, 0.25) is 0 Å². The monoisotopic (exact) mass is 264 g/mol. The fourth-order valence-corrected chi connectivity index (χ4v) is 2.34. The quantitative estimate of drug-likeness (QED) is 0.561. The number of aliphatic hydroxyl groups excluding tert-OH is 1. The van der Waals surface area contributed by atoms with Crippen LogP contribution in [-0.2, 0) is 6.61 Å². The Morgan fingerprint density at radius 1 is 0.900 bits per heavy atom.